The first-order chi connectivity index (χ1) is 26.3. The molecule has 0 aliphatic carbocycles. The molecule has 284 valence electrons. The number of H-pyrrole nitrogens is 1. The molecule has 0 radical (unpaired) electrons. The van der Waals surface area contributed by atoms with E-state index in [0.717, 1.165) is 28.2 Å². The van der Waals surface area contributed by atoms with Crippen molar-refractivity contribution in [1.29, 1.82) is 0 Å². The van der Waals surface area contributed by atoms with Gasteiger partial charge in [-0.25, -0.2) is 9.78 Å². The zero-order valence-corrected chi connectivity index (χ0v) is 31.4. The van der Waals surface area contributed by atoms with Crippen molar-refractivity contribution in [3.05, 3.63) is 89.9 Å². The Balaban J connectivity index is 1.06. The van der Waals surface area contributed by atoms with Crippen LogP contribution >= 0.6 is 0 Å². The Morgan fingerprint density at radius 3 is 2.51 bits per heavy atom. The predicted molar refractivity (Wildman–Crippen MR) is 206 cm³/mol. The second-order valence-corrected chi connectivity index (χ2v) is 14.8. The largest absolute Gasteiger partial charge is 0.372 e. The van der Waals surface area contributed by atoms with Crippen LogP contribution in [0.25, 0.3) is 16.7 Å². The van der Waals surface area contributed by atoms with Gasteiger partial charge in [-0.15, -0.1) is 5.06 Å². The number of carbonyl (C=O) groups excluding carboxylic acids is 5. The number of hydrogen-bond donors (Lipinski definition) is 3. The molecule has 1 atom stereocenters. The number of benzene rings is 3. The minimum absolute atomic E-state index is 0.152. The van der Waals surface area contributed by atoms with Gasteiger partial charge >= 0.3 is 6.03 Å². The SMILES string of the molecule is CCCCC(=O)N(Oc1ccc2c(c1)ncn2-c1ccc(NC(=O)Nc2cc(C(C)(C)C)n[nH]2)cc1)c1ccc2c(c1)CN(C1CCC(=O)N(C)C1=O)C2=O. The highest BCUT2D eigenvalue weighted by Crippen LogP contribution is 2.33. The fourth-order valence-electron chi connectivity index (χ4n) is 6.69. The number of hydroxylamine groups is 1. The van der Waals surface area contributed by atoms with Crippen molar-refractivity contribution in [3.63, 3.8) is 0 Å². The number of amides is 6. The summed E-state index contributed by atoms with van der Waals surface area (Å²) in [6.07, 6.45) is 3.87. The normalized spacial score (nSPS) is 15.7. The van der Waals surface area contributed by atoms with E-state index in [4.69, 9.17) is 4.84 Å². The van der Waals surface area contributed by atoms with Crippen LogP contribution in [0.3, 0.4) is 0 Å². The number of likely N-dealkylation sites (tertiary alicyclic amines) is 1. The summed E-state index contributed by atoms with van der Waals surface area (Å²) in [5, 5.41) is 14.0. The number of unbranched alkanes of at least 4 members (excludes halogenated alkanes) is 1. The average molecular weight is 746 g/mol. The molecule has 2 aliphatic rings. The fraction of sp³-hybridized carbons (Fsp3) is 0.325. The molecule has 55 heavy (non-hydrogen) atoms. The van der Waals surface area contributed by atoms with Gasteiger partial charge in [-0.1, -0.05) is 34.1 Å². The van der Waals surface area contributed by atoms with E-state index in [9.17, 15) is 24.0 Å². The molecule has 15 nitrogen and oxygen atoms in total. The number of likely N-dealkylation sites (N-methyl/N-ethyl adjacent to an activating group) is 1. The molecular formula is C40H43N9O6. The Labute approximate surface area is 317 Å². The van der Waals surface area contributed by atoms with E-state index in [0.29, 0.717) is 46.0 Å². The van der Waals surface area contributed by atoms with Gasteiger partial charge in [0.15, 0.2) is 5.75 Å². The van der Waals surface area contributed by atoms with Crippen molar-refractivity contribution in [2.24, 2.45) is 0 Å². The Morgan fingerprint density at radius 2 is 1.78 bits per heavy atom. The number of fused-ring (bicyclic) bond motifs is 2. The third-order valence-electron chi connectivity index (χ3n) is 9.84. The maximum atomic E-state index is 13.6. The molecule has 5 aromatic rings. The second kappa shape index (κ2) is 14.7. The van der Waals surface area contributed by atoms with Crippen molar-refractivity contribution in [2.45, 2.75) is 77.8 Å². The first-order valence-electron chi connectivity index (χ1n) is 18.3. The first kappa shape index (κ1) is 36.8. The zero-order chi connectivity index (χ0) is 39.0. The summed E-state index contributed by atoms with van der Waals surface area (Å²) >= 11 is 0. The number of imidazole rings is 1. The molecule has 15 heteroatoms. The van der Waals surface area contributed by atoms with E-state index in [2.05, 4.69) is 25.8 Å². The van der Waals surface area contributed by atoms with Crippen molar-refractivity contribution in [3.8, 4) is 11.4 Å². The summed E-state index contributed by atoms with van der Waals surface area (Å²) in [5.74, 6) is -0.313. The number of aromatic nitrogens is 4. The molecule has 0 bridgehead atoms. The summed E-state index contributed by atoms with van der Waals surface area (Å²) < 4.78 is 1.90. The monoisotopic (exact) mass is 745 g/mol. The number of urea groups is 1. The molecule has 0 saturated carbocycles. The van der Waals surface area contributed by atoms with Crippen molar-refractivity contribution < 1.29 is 28.8 Å². The fourth-order valence-corrected chi connectivity index (χ4v) is 6.69. The average Bonchev–Trinajstić information content (AvgIpc) is 3.89. The number of nitrogens with zero attached hydrogens (tertiary/aromatic N) is 6. The van der Waals surface area contributed by atoms with Crippen LogP contribution in [0.2, 0.25) is 0 Å². The highest BCUT2D eigenvalue weighted by atomic mass is 16.7. The molecule has 3 aromatic carbocycles. The quantitative estimate of drug-likeness (QED) is 0.110. The lowest BCUT2D eigenvalue weighted by Crippen LogP contribution is -2.53. The molecule has 6 amide bonds. The van der Waals surface area contributed by atoms with E-state index in [1.54, 1.807) is 48.8 Å². The van der Waals surface area contributed by atoms with Crippen LogP contribution in [0.1, 0.15) is 81.4 Å². The zero-order valence-electron chi connectivity index (χ0n) is 31.4. The number of carbonyl (C=O) groups is 5. The smallest absolute Gasteiger partial charge is 0.324 e. The number of aromatic amines is 1. The first-order valence-corrected chi connectivity index (χ1v) is 18.3. The summed E-state index contributed by atoms with van der Waals surface area (Å²) in [7, 11) is 1.44. The minimum Gasteiger partial charge on any atom is -0.372 e. The van der Waals surface area contributed by atoms with Gasteiger partial charge in [0, 0.05) is 60.9 Å². The minimum atomic E-state index is -0.729. The van der Waals surface area contributed by atoms with E-state index >= 15 is 0 Å². The van der Waals surface area contributed by atoms with Gasteiger partial charge in [-0.05, 0) is 73.0 Å². The van der Waals surface area contributed by atoms with Crippen LogP contribution in [0.15, 0.2) is 73.1 Å². The Morgan fingerprint density at radius 1 is 1.00 bits per heavy atom. The van der Waals surface area contributed by atoms with Crippen molar-refractivity contribution in [1.82, 2.24) is 29.5 Å². The topological polar surface area (TPSA) is 175 Å². The molecule has 4 heterocycles. The Bertz CT molecular complexity index is 2310. The molecule has 0 spiro atoms. The van der Waals surface area contributed by atoms with Crippen molar-refractivity contribution >= 4 is 57.9 Å². The van der Waals surface area contributed by atoms with Crippen LogP contribution in [0.5, 0.6) is 5.75 Å². The van der Waals surface area contributed by atoms with E-state index < -0.39 is 18.0 Å². The van der Waals surface area contributed by atoms with Gasteiger partial charge < -0.3 is 15.1 Å². The highest BCUT2D eigenvalue weighted by molar-refractivity contribution is 6.06. The highest BCUT2D eigenvalue weighted by Gasteiger charge is 2.41. The lowest BCUT2D eigenvalue weighted by Gasteiger charge is -2.33. The van der Waals surface area contributed by atoms with E-state index in [1.807, 2.05) is 56.5 Å². The molecular weight excluding hydrogens is 702 g/mol. The van der Waals surface area contributed by atoms with E-state index in [1.165, 1.54) is 17.0 Å². The number of rotatable bonds is 10. The lowest BCUT2D eigenvalue weighted by molar-refractivity contribution is -0.150. The molecule has 2 aliphatic heterocycles. The summed E-state index contributed by atoms with van der Waals surface area (Å²) in [6, 6.07) is 18.4. The second-order valence-electron chi connectivity index (χ2n) is 14.8. The number of anilines is 3. The third kappa shape index (κ3) is 7.50. The van der Waals surface area contributed by atoms with Crippen molar-refractivity contribution in [2.75, 3.05) is 22.7 Å². The predicted octanol–water partition coefficient (Wildman–Crippen LogP) is 6.31. The maximum absolute atomic E-state index is 13.6. The van der Waals surface area contributed by atoms with Gasteiger partial charge in [0.2, 0.25) is 5.91 Å². The number of imide groups is 1. The van der Waals surface area contributed by atoms with Crippen LogP contribution in [-0.2, 0) is 26.3 Å². The number of nitrogens with one attached hydrogen (secondary N) is 3. The lowest BCUT2D eigenvalue weighted by atomic mass is 9.92. The molecule has 1 saturated heterocycles. The summed E-state index contributed by atoms with van der Waals surface area (Å²) in [5.41, 5.74) is 5.08. The molecule has 1 unspecified atom stereocenters. The van der Waals surface area contributed by atoms with Crippen LogP contribution in [-0.4, -0.2) is 72.3 Å². The maximum Gasteiger partial charge on any atom is 0.324 e. The number of hydrogen-bond acceptors (Lipinski definition) is 8. The van der Waals surface area contributed by atoms with Gasteiger partial charge in [0.05, 0.1) is 22.4 Å². The third-order valence-corrected chi connectivity index (χ3v) is 9.84. The molecule has 1 fully saturated rings. The van der Waals surface area contributed by atoms with E-state index in [-0.39, 0.29) is 48.9 Å². The number of piperidine rings is 1. The van der Waals surface area contributed by atoms with Gasteiger partial charge in [0.25, 0.3) is 17.7 Å². The Hall–Kier alpha value is -6.51. The van der Waals surface area contributed by atoms with Crippen LogP contribution < -0.4 is 20.5 Å². The summed E-state index contributed by atoms with van der Waals surface area (Å²) in [4.78, 5) is 77.9. The molecule has 3 N–H and O–H groups in total. The molecule has 2 aromatic heterocycles. The van der Waals surface area contributed by atoms with Crippen LogP contribution in [0, 0.1) is 0 Å². The van der Waals surface area contributed by atoms with Gasteiger partial charge in [-0.3, -0.25) is 39.1 Å². The standard InChI is InChI=1S/C40H43N9O6/c1-6-7-8-36(51)49(27-13-15-29-24(19-27)22-47(37(29)52)32-17-18-35(50)46(5)38(32)53)55-28-14-16-31-30(20-28)41-23-48(31)26-11-9-25(10-12-26)42-39(54)43-34-21-33(44-45-34)40(2,3)4/h9-16,19-21,23,32H,6-8,17-18,22H2,1-5H3,(H3,42,43,44,45,54). The van der Waals surface area contributed by atoms with Gasteiger partial charge in [0.1, 0.15) is 18.2 Å². The van der Waals surface area contributed by atoms with Gasteiger partial charge in [-0.2, -0.15) is 5.10 Å². The Kier molecular flexibility index (Phi) is 9.86. The summed E-state index contributed by atoms with van der Waals surface area (Å²) in [6.45, 7) is 8.31. The molecule has 7 rings (SSSR count). The van der Waals surface area contributed by atoms with Crippen LogP contribution in [0.4, 0.5) is 22.0 Å².